The van der Waals surface area contributed by atoms with Gasteiger partial charge in [-0.25, -0.2) is 6.67 Å². The fourth-order valence-corrected chi connectivity index (χ4v) is 0.824. The van der Waals surface area contributed by atoms with Gasteiger partial charge in [-0.15, -0.1) is 0 Å². The van der Waals surface area contributed by atoms with E-state index in [0.717, 1.165) is 13.3 Å². The third kappa shape index (κ3) is 9.55. The summed E-state index contributed by atoms with van der Waals surface area (Å²) in [7, 11) is 4.12. The molecule has 0 aromatic carbocycles. The molecule has 1 N–H and O–H groups in total. The molecule has 0 bridgehead atoms. The summed E-state index contributed by atoms with van der Waals surface area (Å²) < 4.78 is 0. The van der Waals surface area contributed by atoms with Crippen molar-refractivity contribution in [1.82, 2.24) is 15.1 Å². The minimum absolute atomic E-state index is 0. The average molecular weight is 268 g/mol. The van der Waals surface area contributed by atoms with Gasteiger partial charge in [0, 0.05) is 13.3 Å². The molecule has 3 nitrogen and oxygen atoms in total. The van der Waals surface area contributed by atoms with Crippen LogP contribution in [0.4, 0.5) is 0 Å². The van der Waals surface area contributed by atoms with Crippen LogP contribution in [0.3, 0.4) is 0 Å². The first kappa shape index (κ1) is 23.4. The van der Waals surface area contributed by atoms with Gasteiger partial charge in [0.05, 0.1) is 0 Å². The molecule has 0 atom stereocenters. The first-order valence-corrected chi connectivity index (χ1v) is 2.74. The third-order valence-electron chi connectivity index (χ3n) is 1.14. The number of hydrogen-bond acceptors (Lipinski definition) is 3. The molecule has 12 heavy (non-hydrogen) atoms. The van der Waals surface area contributed by atoms with E-state index < -0.39 is 0 Å². The molecular formula is C5H12Cl3N3Ti. The maximum atomic E-state index is 3.11. The first-order chi connectivity index (χ1) is 3.79. The van der Waals surface area contributed by atoms with Crippen LogP contribution in [0.5, 0.6) is 0 Å². The fourth-order valence-electron chi connectivity index (χ4n) is 0.824. The molecule has 0 unspecified atom stereocenters. The van der Waals surface area contributed by atoms with Gasteiger partial charge in [0.25, 0.3) is 0 Å². The van der Waals surface area contributed by atoms with Crippen molar-refractivity contribution in [2.24, 2.45) is 0 Å². The molecule has 0 aliphatic carbocycles. The molecule has 1 heterocycles. The number of rotatable bonds is 0. The Balaban J connectivity index is -0.0000000800. The van der Waals surface area contributed by atoms with Gasteiger partial charge in [0.2, 0.25) is 0 Å². The molecule has 0 aromatic heterocycles. The van der Waals surface area contributed by atoms with Crippen molar-refractivity contribution in [2.75, 3.05) is 27.4 Å². The Bertz CT molecular complexity index is 80.3. The topological polar surface area (TPSA) is 18.5 Å². The smallest absolute Gasteiger partial charge is 1.00 e. The predicted octanol–water partition coefficient (Wildman–Crippen LogP) is -9.50. The summed E-state index contributed by atoms with van der Waals surface area (Å²) in [6, 6.07) is 0. The van der Waals surface area contributed by atoms with Crippen LogP contribution in [0.15, 0.2) is 0 Å². The number of nitrogens with zero attached hydrogens (tertiary/aromatic N) is 2. The normalized spacial score (nSPS) is 17.5. The number of nitrogens with one attached hydrogen (secondary N) is 1. The molecule has 0 amide bonds. The first-order valence-electron chi connectivity index (χ1n) is 2.74. The number of halogens is 3. The average Bonchev–Trinajstić information content (AvgIpc) is 1.64. The second kappa shape index (κ2) is 12.5. The van der Waals surface area contributed by atoms with Crippen molar-refractivity contribution in [1.29, 1.82) is 0 Å². The zero-order valence-corrected chi connectivity index (χ0v) is 10.8. The summed E-state index contributed by atoms with van der Waals surface area (Å²) in [6.45, 7) is 3.97. The van der Waals surface area contributed by atoms with Gasteiger partial charge in [0.15, 0.2) is 0 Å². The zero-order chi connectivity index (χ0) is 5.98. The van der Waals surface area contributed by atoms with Crippen LogP contribution in [0, 0.1) is 6.67 Å². The Labute approximate surface area is 108 Å². The Morgan fingerprint density at radius 2 is 1.67 bits per heavy atom. The fraction of sp³-hybridized carbons (Fsp3) is 0.800. The van der Waals surface area contributed by atoms with E-state index in [9.17, 15) is 0 Å². The molecule has 1 fully saturated rings. The van der Waals surface area contributed by atoms with Gasteiger partial charge in [-0.1, -0.05) is 0 Å². The molecule has 0 saturated carbocycles. The van der Waals surface area contributed by atoms with E-state index in [1.165, 1.54) is 0 Å². The van der Waals surface area contributed by atoms with Crippen molar-refractivity contribution >= 4 is 0 Å². The van der Waals surface area contributed by atoms with Crippen molar-refractivity contribution in [3.63, 3.8) is 0 Å². The van der Waals surface area contributed by atoms with Crippen molar-refractivity contribution in [2.45, 2.75) is 0 Å². The van der Waals surface area contributed by atoms with Gasteiger partial charge in [-0.3, -0.25) is 4.90 Å². The maximum Gasteiger partial charge on any atom is 4.00 e. The van der Waals surface area contributed by atoms with Gasteiger partial charge >= 0.3 is 21.7 Å². The van der Waals surface area contributed by atoms with Crippen LogP contribution >= 0.6 is 0 Å². The van der Waals surface area contributed by atoms with E-state index in [4.69, 9.17) is 0 Å². The SMILES string of the molecule is CN1[CH-]NCN(C)C1.[Cl-].[Cl-].[Cl-].[Ti+4]. The monoisotopic (exact) mass is 267 g/mol. The summed E-state index contributed by atoms with van der Waals surface area (Å²) in [5.74, 6) is 0. The molecular weight excluding hydrogens is 256 g/mol. The minimum Gasteiger partial charge on any atom is -1.00 e. The molecule has 1 aliphatic heterocycles. The maximum absolute atomic E-state index is 3.11. The Hall–Kier alpha value is 1.46. The molecule has 0 aromatic rings. The van der Waals surface area contributed by atoms with Crippen LogP contribution < -0.4 is 42.5 Å². The third-order valence-corrected chi connectivity index (χ3v) is 1.14. The zero-order valence-electron chi connectivity index (χ0n) is 7.02. The number of hydrogen-bond donors (Lipinski definition) is 1. The van der Waals surface area contributed by atoms with Gasteiger partial charge < -0.3 is 47.4 Å². The van der Waals surface area contributed by atoms with Crippen LogP contribution in [0.2, 0.25) is 0 Å². The summed E-state index contributed by atoms with van der Waals surface area (Å²) in [5.41, 5.74) is 0. The Kier molecular flexibility index (Phi) is 24.3. The molecule has 0 spiro atoms. The predicted molar refractivity (Wildman–Crippen MR) is 32.7 cm³/mol. The van der Waals surface area contributed by atoms with Crippen LogP contribution in [-0.2, 0) is 21.7 Å². The molecule has 1 saturated heterocycles. The summed E-state index contributed by atoms with van der Waals surface area (Å²) in [5, 5.41) is 3.11. The molecule has 1 rings (SSSR count). The van der Waals surface area contributed by atoms with E-state index in [1.54, 1.807) is 0 Å². The quantitative estimate of drug-likeness (QED) is 0.348. The van der Waals surface area contributed by atoms with Crippen LogP contribution in [0.25, 0.3) is 0 Å². The van der Waals surface area contributed by atoms with E-state index in [1.807, 2.05) is 13.7 Å². The summed E-state index contributed by atoms with van der Waals surface area (Å²) in [4.78, 5) is 4.30. The van der Waals surface area contributed by atoms with Gasteiger partial charge in [0.1, 0.15) is 0 Å². The van der Waals surface area contributed by atoms with Crippen molar-refractivity contribution in [3.8, 4) is 0 Å². The van der Waals surface area contributed by atoms with Gasteiger partial charge in [-0.05, 0) is 14.1 Å². The second-order valence-electron chi connectivity index (χ2n) is 2.25. The Morgan fingerprint density at radius 1 is 1.17 bits per heavy atom. The largest absolute Gasteiger partial charge is 4.00 e. The van der Waals surface area contributed by atoms with E-state index in [0.29, 0.717) is 0 Å². The molecule has 72 valence electrons. The minimum atomic E-state index is 0. The Morgan fingerprint density at radius 3 is 1.92 bits per heavy atom. The summed E-state index contributed by atoms with van der Waals surface area (Å²) in [6.07, 6.45) is 0. The van der Waals surface area contributed by atoms with Crippen LogP contribution in [-0.4, -0.2) is 37.2 Å². The van der Waals surface area contributed by atoms with Crippen molar-refractivity contribution in [3.05, 3.63) is 6.67 Å². The van der Waals surface area contributed by atoms with E-state index in [-0.39, 0.29) is 58.9 Å². The standard InChI is InChI=1S/C5H12N3.3ClH.Ti/c1-7-3-6-4-8(2)5-7;;;;/h3,6H,4-5H2,1-2H3;3*1H;/q-1;;;;+4/p-3. The molecule has 0 radical (unpaired) electrons. The molecule has 1 aliphatic rings. The van der Waals surface area contributed by atoms with E-state index >= 15 is 0 Å². The van der Waals surface area contributed by atoms with Gasteiger partial charge in [-0.2, -0.15) is 0 Å². The van der Waals surface area contributed by atoms with Crippen molar-refractivity contribution < 1.29 is 58.9 Å². The second-order valence-corrected chi connectivity index (χ2v) is 2.25. The molecule has 7 heteroatoms. The van der Waals surface area contributed by atoms with E-state index in [2.05, 4.69) is 22.2 Å². The summed E-state index contributed by atoms with van der Waals surface area (Å²) >= 11 is 0. The van der Waals surface area contributed by atoms with Crippen LogP contribution in [0.1, 0.15) is 0 Å².